The molecular weight excluding hydrogens is 460 g/mol. The first kappa shape index (κ1) is 20.1. The van der Waals surface area contributed by atoms with E-state index in [-0.39, 0.29) is 0 Å². The zero-order valence-electron chi connectivity index (χ0n) is 17.2. The Morgan fingerprint density at radius 3 is 2.34 bits per heavy atom. The van der Waals surface area contributed by atoms with Gasteiger partial charge in [0.1, 0.15) is 0 Å². The summed E-state index contributed by atoms with van der Waals surface area (Å²) in [6.07, 6.45) is 5.29. The van der Waals surface area contributed by atoms with Gasteiger partial charge in [-0.15, -0.1) is 0 Å². The molecule has 0 spiro atoms. The largest absolute Gasteiger partial charge is 0.278 e. The molecule has 5 aromatic rings. The van der Waals surface area contributed by atoms with Gasteiger partial charge in [-0.2, -0.15) is 9.97 Å². The van der Waals surface area contributed by atoms with E-state index in [4.69, 9.17) is 15.0 Å². The first-order chi connectivity index (χ1) is 15.7. The van der Waals surface area contributed by atoms with E-state index in [1.54, 1.807) is 12.2 Å². The van der Waals surface area contributed by atoms with Crippen LogP contribution in [0.1, 0.15) is 5.82 Å². The van der Waals surface area contributed by atoms with Gasteiger partial charge < -0.3 is 0 Å². The molecule has 32 heavy (non-hydrogen) atoms. The molecule has 0 aliphatic heterocycles. The number of para-hydroxylation sites is 1. The molecule has 5 rings (SSSR count). The van der Waals surface area contributed by atoms with Crippen molar-refractivity contribution in [2.45, 2.75) is 0 Å². The van der Waals surface area contributed by atoms with Crippen LogP contribution in [0.2, 0.25) is 0 Å². The Bertz CT molecular complexity index is 1510. The van der Waals surface area contributed by atoms with Crippen LogP contribution in [-0.4, -0.2) is 19.5 Å². The molecular formula is C27H19BrN4. The van der Waals surface area contributed by atoms with Gasteiger partial charge in [0.05, 0.1) is 11.0 Å². The minimum Gasteiger partial charge on any atom is -0.278 e. The van der Waals surface area contributed by atoms with Crippen LogP contribution in [0.5, 0.6) is 0 Å². The minimum absolute atomic E-state index is 0.548. The number of halogens is 1. The van der Waals surface area contributed by atoms with Gasteiger partial charge in [0.15, 0.2) is 11.6 Å². The van der Waals surface area contributed by atoms with Gasteiger partial charge in [-0.1, -0.05) is 95.8 Å². The maximum atomic E-state index is 4.89. The predicted octanol–water partition coefficient (Wildman–Crippen LogP) is 7.15. The molecule has 0 saturated carbocycles. The topological polar surface area (TPSA) is 43.6 Å². The number of rotatable bonds is 5. The van der Waals surface area contributed by atoms with E-state index in [2.05, 4.69) is 57.9 Å². The Labute approximate surface area is 194 Å². The maximum absolute atomic E-state index is 4.89. The highest BCUT2D eigenvalue weighted by atomic mass is 79.9. The van der Waals surface area contributed by atoms with Gasteiger partial charge in [0, 0.05) is 26.4 Å². The summed E-state index contributed by atoms with van der Waals surface area (Å²) in [4.78, 5) is 14.5. The highest BCUT2D eigenvalue weighted by Crippen LogP contribution is 2.33. The summed E-state index contributed by atoms with van der Waals surface area (Å²) in [6, 6.07) is 24.4. The first-order valence-electron chi connectivity index (χ1n) is 10.2. The number of allylic oxidation sites excluding steroid dienone is 4. The third-order valence-electron chi connectivity index (χ3n) is 5.27. The molecule has 4 nitrogen and oxygen atoms in total. The minimum atomic E-state index is 0.548. The van der Waals surface area contributed by atoms with Crippen molar-refractivity contribution in [2.24, 2.45) is 0 Å². The van der Waals surface area contributed by atoms with E-state index in [1.165, 1.54) is 0 Å². The lowest BCUT2D eigenvalue weighted by atomic mass is 10.2. The van der Waals surface area contributed by atoms with E-state index >= 15 is 0 Å². The molecule has 2 heterocycles. The highest BCUT2D eigenvalue weighted by molar-refractivity contribution is 9.10. The Kier molecular flexibility index (Phi) is 5.25. The average molecular weight is 479 g/mol. The summed E-state index contributed by atoms with van der Waals surface area (Å²) in [5, 5.41) is 2.27. The summed E-state index contributed by atoms with van der Waals surface area (Å²) >= 11 is 3.60. The van der Waals surface area contributed by atoms with E-state index in [0.717, 1.165) is 37.4 Å². The Hall–Kier alpha value is -3.83. The van der Waals surface area contributed by atoms with Crippen molar-refractivity contribution in [2.75, 3.05) is 0 Å². The molecule has 0 bridgehead atoms. The molecule has 154 valence electrons. The maximum Gasteiger partial charge on any atom is 0.238 e. The molecule has 2 aromatic heterocycles. The number of nitrogens with zero attached hydrogens (tertiary/aromatic N) is 4. The van der Waals surface area contributed by atoms with Gasteiger partial charge in [-0.05, 0) is 24.3 Å². The smallest absolute Gasteiger partial charge is 0.238 e. The molecule has 0 saturated heterocycles. The number of hydrogen-bond acceptors (Lipinski definition) is 3. The fraction of sp³-hybridized carbons (Fsp3) is 0. The van der Waals surface area contributed by atoms with Crippen LogP contribution in [0, 0.1) is 0 Å². The number of aromatic nitrogens is 4. The quantitative estimate of drug-likeness (QED) is 0.252. The van der Waals surface area contributed by atoms with Crippen LogP contribution in [0.3, 0.4) is 0 Å². The van der Waals surface area contributed by atoms with Gasteiger partial charge in [-0.25, -0.2) is 4.98 Å². The van der Waals surface area contributed by atoms with Crippen LogP contribution in [-0.2, 0) is 0 Å². The molecule has 0 N–H and O–H groups in total. The summed E-state index contributed by atoms with van der Waals surface area (Å²) < 4.78 is 3.11. The van der Waals surface area contributed by atoms with Gasteiger partial charge >= 0.3 is 0 Å². The van der Waals surface area contributed by atoms with Crippen LogP contribution >= 0.6 is 15.9 Å². The molecule has 3 aromatic carbocycles. The second kappa shape index (κ2) is 8.36. The normalized spacial score (nSPS) is 11.7. The Morgan fingerprint density at radius 2 is 1.56 bits per heavy atom. The summed E-state index contributed by atoms with van der Waals surface area (Å²) in [5.41, 5.74) is 3.76. The third-order valence-corrected chi connectivity index (χ3v) is 5.76. The Balaban J connectivity index is 1.87. The van der Waals surface area contributed by atoms with Crippen molar-refractivity contribution in [1.82, 2.24) is 19.5 Å². The van der Waals surface area contributed by atoms with Gasteiger partial charge in [-0.3, -0.25) is 4.57 Å². The van der Waals surface area contributed by atoms with Crippen molar-refractivity contribution in [3.8, 4) is 17.3 Å². The monoisotopic (exact) mass is 478 g/mol. The van der Waals surface area contributed by atoms with E-state index < -0.39 is 0 Å². The van der Waals surface area contributed by atoms with Crippen LogP contribution < -0.4 is 0 Å². The summed E-state index contributed by atoms with van der Waals surface area (Å²) in [7, 11) is 0. The number of benzene rings is 3. The average Bonchev–Trinajstić information content (AvgIpc) is 3.16. The SMILES string of the molecule is C=C/C=C(\C=C)c1nc(-c2ccccc2)nc(-n2c3ccccc3c3cc(Br)ccc32)n1. The van der Waals surface area contributed by atoms with Crippen LogP contribution in [0.25, 0.3) is 44.7 Å². The second-order valence-corrected chi connectivity index (χ2v) is 8.14. The summed E-state index contributed by atoms with van der Waals surface area (Å²) in [5.74, 6) is 1.71. The van der Waals surface area contributed by atoms with Crippen LogP contribution in [0.15, 0.2) is 109 Å². The lowest BCUT2D eigenvalue weighted by Crippen LogP contribution is -2.07. The summed E-state index contributed by atoms with van der Waals surface area (Å²) in [6.45, 7) is 7.74. The van der Waals surface area contributed by atoms with Crippen molar-refractivity contribution in [3.63, 3.8) is 0 Å². The predicted molar refractivity (Wildman–Crippen MR) is 136 cm³/mol. The fourth-order valence-corrected chi connectivity index (χ4v) is 4.19. The highest BCUT2D eigenvalue weighted by Gasteiger charge is 2.17. The standard InChI is InChI=1S/C27H19BrN4/c1-3-10-18(4-2)25-29-26(19-11-6-5-7-12-19)31-27(30-25)32-23-14-9-8-13-21(23)22-17-20(28)15-16-24(22)32/h3-17H,1-2H2/b18-10+. The molecule has 0 amide bonds. The number of hydrogen-bond donors (Lipinski definition) is 0. The molecule has 0 unspecified atom stereocenters. The fourth-order valence-electron chi connectivity index (χ4n) is 3.83. The number of fused-ring (bicyclic) bond motifs is 3. The molecule has 0 aliphatic carbocycles. The van der Waals surface area contributed by atoms with E-state index in [0.29, 0.717) is 17.6 Å². The van der Waals surface area contributed by atoms with Crippen molar-refractivity contribution in [1.29, 1.82) is 0 Å². The van der Waals surface area contributed by atoms with E-state index in [9.17, 15) is 0 Å². The second-order valence-electron chi connectivity index (χ2n) is 7.22. The lowest BCUT2D eigenvalue weighted by molar-refractivity contribution is 0.932. The molecule has 5 heteroatoms. The van der Waals surface area contributed by atoms with Crippen LogP contribution in [0.4, 0.5) is 0 Å². The zero-order chi connectivity index (χ0) is 22.1. The first-order valence-corrected chi connectivity index (χ1v) is 10.9. The zero-order valence-corrected chi connectivity index (χ0v) is 18.8. The molecule has 0 aliphatic rings. The molecule has 0 fully saturated rings. The van der Waals surface area contributed by atoms with Gasteiger partial charge in [0.2, 0.25) is 5.95 Å². The van der Waals surface area contributed by atoms with E-state index in [1.807, 2.05) is 54.6 Å². The van der Waals surface area contributed by atoms with Crippen molar-refractivity contribution in [3.05, 3.63) is 114 Å². The third kappa shape index (κ3) is 3.47. The molecule has 0 radical (unpaired) electrons. The lowest BCUT2D eigenvalue weighted by Gasteiger charge is -2.11. The Morgan fingerprint density at radius 1 is 0.812 bits per heavy atom. The van der Waals surface area contributed by atoms with Crippen molar-refractivity contribution >= 4 is 43.3 Å². The van der Waals surface area contributed by atoms with Crippen molar-refractivity contribution < 1.29 is 0 Å². The molecule has 0 atom stereocenters. The van der Waals surface area contributed by atoms with Gasteiger partial charge in [0.25, 0.3) is 0 Å².